The molecule has 0 spiro atoms. The van der Waals surface area contributed by atoms with Gasteiger partial charge in [-0.1, -0.05) is 47.7 Å². The van der Waals surface area contributed by atoms with Crippen molar-refractivity contribution in [1.29, 1.82) is 0 Å². The van der Waals surface area contributed by atoms with Crippen molar-refractivity contribution in [3.8, 4) is 0 Å². The zero-order valence-corrected chi connectivity index (χ0v) is 13.1. The number of urea groups is 1. The van der Waals surface area contributed by atoms with Crippen molar-refractivity contribution in [2.75, 3.05) is 16.4 Å². The lowest BCUT2D eigenvalue weighted by Crippen LogP contribution is -2.19. The second kappa shape index (κ2) is 7.47. The highest BCUT2D eigenvalue weighted by molar-refractivity contribution is 8.01. The highest BCUT2D eigenvalue weighted by Gasteiger charge is 2.08. The fourth-order valence-electron chi connectivity index (χ4n) is 1.33. The Morgan fingerprint density at radius 3 is 3.00 bits per heavy atom. The Hall–Kier alpha value is -1.31. The first-order valence-electron chi connectivity index (χ1n) is 5.97. The summed E-state index contributed by atoms with van der Waals surface area (Å²) in [6.07, 6.45) is 1.07. The smallest absolute Gasteiger partial charge is 0.308 e. The van der Waals surface area contributed by atoms with Gasteiger partial charge in [0.1, 0.15) is 0 Å². The van der Waals surface area contributed by atoms with Crippen molar-refractivity contribution >= 4 is 51.5 Å². The van der Waals surface area contributed by atoms with E-state index in [0.29, 0.717) is 15.8 Å². The number of nitrogens with one attached hydrogen (secondary N) is 2. The maximum atomic E-state index is 11.8. The Kier molecular flexibility index (Phi) is 5.63. The topological polar surface area (TPSA) is 66.9 Å². The monoisotopic (exact) mass is 328 g/mol. The van der Waals surface area contributed by atoms with Gasteiger partial charge in [0.05, 0.1) is 0 Å². The van der Waals surface area contributed by atoms with E-state index in [-0.39, 0.29) is 6.03 Å². The van der Waals surface area contributed by atoms with Crippen LogP contribution in [0.1, 0.15) is 13.3 Å². The van der Waals surface area contributed by atoms with Crippen molar-refractivity contribution < 1.29 is 4.79 Å². The predicted octanol–water partition coefficient (Wildman–Crippen LogP) is 4.34. The van der Waals surface area contributed by atoms with Crippen molar-refractivity contribution in [2.45, 2.75) is 17.7 Å². The number of halogens is 1. The molecule has 2 N–H and O–H groups in total. The molecule has 2 amide bonds. The first kappa shape index (κ1) is 15.1. The van der Waals surface area contributed by atoms with Gasteiger partial charge in [-0.25, -0.2) is 4.79 Å². The molecule has 0 aliphatic rings. The molecule has 20 heavy (non-hydrogen) atoms. The van der Waals surface area contributed by atoms with Crippen LogP contribution in [0.3, 0.4) is 0 Å². The molecule has 106 valence electrons. The van der Waals surface area contributed by atoms with E-state index in [0.717, 1.165) is 16.5 Å². The lowest BCUT2D eigenvalue weighted by atomic mass is 10.3. The number of carbonyl (C=O) groups excluding carboxylic acids is 1. The number of amides is 2. The minimum atomic E-state index is -0.365. The first-order valence-corrected chi connectivity index (χ1v) is 8.15. The molecule has 5 nitrogen and oxygen atoms in total. The van der Waals surface area contributed by atoms with Gasteiger partial charge in [-0.05, 0) is 24.6 Å². The molecule has 0 unspecified atom stereocenters. The Labute approximate surface area is 130 Å². The Bertz CT molecular complexity index is 590. The van der Waals surface area contributed by atoms with E-state index in [1.165, 1.54) is 11.3 Å². The summed E-state index contributed by atoms with van der Waals surface area (Å²) in [7, 11) is 0. The lowest BCUT2D eigenvalue weighted by Gasteiger charge is -2.04. The van der Waals surface area contributed by atoms with Crippen LogP contribution in [0.15, 0.2) is 28.6 Å². The van der Waals surface area contributed by atoms with E-state index in [4.69, 9.17) is 11.6 Å². The molecule has 2 rings (SSSR count). The summed E-state index contributed by atoms with van der Waals surface area (Å²) in [5.41, 5.74) is 0.625. The third-order valence-electron chi connectivity index (χ3n) is 2.14. The van der Waals surface area contributed by atoms with Gasteiger partial charge < -0.3 is 5.32 Å². The van der Waals surface area contributed by atoms with Crippen LogP contribution in [0.2, 0.25) is 5.02 Å². The minimum Gasteiger partial charge on any atom is -0.308 e. The van der Waals surface area contributed by atoms with Gasteiger partial charge in [-0.15, -0.1) is 10.2 Å². The van der Waals surface area contributed by atoms with Crippen molar-refractivity contribution in [3.63, 3.8) is 0 Å². The Morgan fingerprint density at radius 1 is 1.40 bits per heavy atom. The van der Waals surface area contributed by atoms with Gasteiger partial charge in [0.25, 0.3) is 0 Å². The lowest BCUT2D eigenvalue weighted by molar-refractivity contribution is 0.262. The van der Waals surface area contributed by atoms with Gasteiger partial charge in [-0.3, -0.25) is 5.32 Å². The van der Waals surface area contributed by atoms with Crippen molar-refractivity contribution in [2.24, 2.45) is 0 Å². The van der Waals surface area contributed by atoms with Crippen LogP contribution in [-0.2, 0) is 0 Å². The van der Waals surface area contributed by atoms with Crippen LogP contribution in [0, 0.1) is 0 Å². The summed E-state index contributed by atoms with van der Waals surface area (Å²) in [6.45, 7) is 2.10. The number of nitrogens with zero attached hydrogens (tertiary/aromatic N) is 2. The summed E-state index contributed by atoms with van der Waals surface area (Å²) >= 11 is 8.83. The fourth-order valence-corrected chi connectivity index (χ4v) is 3.20. The number of carbonyl (C=O) groups is 1. The quantitative estimate of drug-likeness (QED) is 0.633. The van der Waals surface area contributed by atoms with E-state index in [1.54, 1.807) is 36.0 Å². The molecular formula is C12H13ClN4OS2. The summed E-state index contributed by atoms with van der Waals surface area (Å²) in [6, 6.07) is 6.57. The summed E-state index contributed by atoms with van der Waals surface area (Å²) < 4.78 is 0.852. The third kappa shape index (κ3) is 4.66. The molecule has 0 saturated heterocycles. The molecule has 0 fully saturated rings. The molecule has 0 aliphatic carbocycles. The van der Waals surface area contributed by atoms with E-state index in [9.17, 15) is 4.79 Å². The maximum absolute atomic E-state index is 11.8. The van der Waals surface area contributed by atoms with E-state index >= 15 is 0 Å². The third-order valence-corrected chi connectivity index (χ3v) is 4.55. The number of thioether (sulfide) groups is 1. The standard InChI is InChI=1S/C12H13ClN4OS2/c1-2-6-19-12-17-16-11(20-12)15-10(18)14-9-5-3-4-8(13)7-9/h3-5,7H,2,6H2,1H3,(H2,14,15,16,18). The summed E-state index contributed by atoms with van der Waals surface area (Å²) in [5, 5.41) is 14.3. The molecule has 1 heterocycles. The number of benzene rings is 1. The molecule has 0 saturated carbocycles. The Balaban J connectivity index is 1.89. The molecule has 0 radical (unpaired) electrons. The number of anilines is 2. The first-order chi connectivity index (χ1) is 9.67. The van der Waals surface area contributed by atoms with Gasteiger partial charge in [-0.2, -0.15) is 0 Å². The highest BCUT2D eigenvalue weighted by atomic mass is 35.5. The van der Waals surface area contributed by atoms with Crippen LogP contribution < -0.4 is 10.6 Å². The van der Waals surface area contributed by atoms with Crippen LogP contribution in [0.4, 0.5) is 15.6 Å². The highest BCUT2D eigenvalue weighted by Crippen LogP contribution is 2.25. The summed E-state index contributed by atoms with van der Waals surface area (Å²) in [4.78, 5) is 11.8. The van der Waals surface area contributed by atoms with Crippen LogP contribution in [0.5, 0.6) is 0 Å². The minimum absolute atomic E-state index is 0.365. The molecule has 0 aliphatic heterocycles. The molecule has 1 aromatic heterocycles. The fraction of sp³-hybridized carbons (Fsp3) is 0.250. The Morgan fingerprint density at radius 2 is 2.25 bits per heavy atom. The molecule has 1 aromatic carbocycles. The number of hydrogen-bond acceptors (Lipinski definition) is 5. The largest absolute Gasteiger partial charge is 0.325 e. The van der Waals surface area contributed by atoms with Gasteiger partial charge in [0.15, 0.2) is 4.34 Å². The molecule has 8 heteroatoms. The molecule has 2 aromatic rings. The zero-order chi connectivity index (χ0) is 14.4. The van der Waals surface area contributed by atoms with Crippen LogP contribution in [0.25, 0.3) is 0 Å². The second-order valence-electron chi connectivity index (χ2n) is 3.81. The number of aromatic nitrogens is 2. The average molecular weight is 329 g/mol. The average Bonchev–Trinajstić information content (AvgIpc) is 2.83. The zero-order valence-electron chi connectivity index (χ0n) is 10.7. The van der Waals surface area contributed by atoms with Crippen molar-refractivity contribution in [3.05, 3.63) is 29.3 Å². The van der Waals surface area contributed by atoms with Gasteiger partial charge >= 0.3 is 6.03 Å². The van der Waals surface area contributed by atoms with Crippen LogP contribution in [-0.4, -0.2) is 22.0 Å². The van der Waals surface area contributed by atoms with Gasteiger partial charge in [0, 0.05) is 16.5 Å². The van der Waals surface area contributed by atoms with Gasteiger partial charge in [0.2, 0.25) is 5.13 Å². The normalized spacial score (nSPS) is 10.3. The van der Waals surface area contributed by atoms with E-state index in [1.807, 2.05) is 0 Å². The predicted molar refractivity (Wildman–Crippen MR) is 85.0 cm³/mol. The molecule has 0 bridgehead atoms. The van der Waals surface area contributed by atoms with Crippen LogP contribution >= 0.6 is 34.7 Å². The number of hydrogen-bond donors (Lipinski definition) is 2. The molecular weight excluding hydrogens is 316 g/mol. The maximum Gasteiger partial charge on any atom is 0.325 e. The molecule has 0 atom stereocenters. The van der Waals surface area contributed by atoms with E-state index < -0.39 is 0 Å². The SMILES string of the molecule is CCCSc1nnc(NC(=O)Nc2cccc(Cl)c2)s1. The second-order valence-corrected chi connectivity index (χ2v) is 6.57. The van der Waals surface area contributed by atoms with E-state index in [2.05, 4.69) is 27.8 Å². The number of rotatable bonds is 5. The summed E-state index contributed by atoms with van der Waals surface area (Å²) in [5.74, 6) is 0.989. The van der Waals surface area contributed by atoms with Crippen molar-refractivity contribution in [1.82, 2.24) is 10.2 Å².